The van der Waals surface area contributed by atoms with E-state index < -0.39 is 5.82 Å². The Morgan fingerprint density at radius 1 is 1.06 bits per heavy atom. The van der Waals surface area contributed by atoms with Crippen LogP contribution in [0.1, 0.15) is 15.9 Å². The van der Waals surface area contributed by atoms with E-state index in [-0.39, 0.29) is 16.7 Å². The number of carbonyl (C=O) groups is 1. The number of hydrogen-bond acceptors (Lipinski definition) is 1. The first-order valence-corrected chi connectivity index (χ1v) is 6.89. The number of ketones is 1. The lowest BCUT2D eigenvalue weighted by atomic mass is 10.0. The number of hydrogen-bond donors (Lipinski definition) is 0. The lowest BCUT2D eigenvalue weighted by Crippen LogP contribution is -2.05. The van der Waals surface area contributed by atoms with Crippen molar-refractivity contribution in [2.75, 3.05) is 0 Å². The molecule has 0 saturated carbocycles. The maximum absolute atomic E-state index is 13.3. The molecule has 2 rings (SSSR count). The van der Waals surface area contributed by atoms with Gasteiger partial charge >= 0.3 is 0 Å². The first-order chi connectivity index (χ1) is 8.59. The highest BCUT2D eigenvalue weighted by molar-refractivity contribution is 9.10. The third kappa shape index (κ3) is 2.87. The number of carbonyl (C=O) groups excluding carboxylic acids is 1. The summed E-state index contributed by atoms with van der Waals surface area (Å²) in [5, 5.41) is 0. The zero-order chi connectivity index (χ0) is 13.1. The van der Waals surface area contributed by atoms with Crippen molar-refractivity contribution >= 4 is 37.6 Å². The summed E-state index contributed by atoms with van der Waals surface area (Å²) in [5.41, 5.74) is 1.25. The highest BCUT2D eigenvalue weighted by Gasteiger charge is 2.14. The predicted octanol–water partition coefficient (Wildman–Crippen LogP) is 4.78. The minimum atomic E-state index is -0.423. The van der Waals surface area contributed by atoms with Gasteiger partial charge in [0.15, 0.2) is 5.78 Å². The van der Waals surface area contributed by atoms with Gasteiger partial charge in [-0.05, 0) is 33.6 Å². The van der Waals surface area contributed by atoms with Crippen LogP contribution < -0.4 is 0 Å². The van der Waals surface area contributed by atoms with Crippen molar-refractivity contribution in [2.45, 2.75) is 6.42 Å². The minimum Gasteiger partial charge on any atom is -0.294 e. The van der Waals surface area contributed by atoms with Crippen molar-refractivity contribution in [3.63, 3.8) is 0 Å². The van der Waals surface area contributed by atoms with Crippen LogP contribution in [0.3, 0.4) is 0 Å². The Kier molecular flexibility index (Phi) is 4.30. The molecule has 0 radical (unpaired) electrons. The van der Waals surface area contributed by atoms with E-state index in [1.54, 1.807) is 6.07 Å². The molecule has 1 nitrogen and oxygen atoms in total. The van der Waals surface area contributed by atoms with Gasteiger partial charge in [0.1, 0.15) is 5.82 Å². The summed E-state index contributed by atoms with van der Waals surface area (Å²) in [6.45, 7) is 0. The van der Waals surface area contributed by atoms with Crippen LogP contribution in [0.4, 0.5) is 4.39 Å². The van der Waals surface area contributed by atoms with Crippen molar-refractivity contribution in [2.24, 2.45) is 0 Å². The second-order valence-corrected chi connectivity index (χ2v) is 5.44. The van der Waals surface area contributed by atoms with E-state index in [4.69, 9.17) is 0 Å². The quantitative estimate of drug-likeness (QED) is 0.710. The number of benzene rings is 2. The Bertz CT molecular complexity index is 596. The normalized spacial score (nSPS) is 10.4. The summed E-state index contributed by atoms with van der Waals surface area (Å²) in [6.07, 6.45) is 0.240. The minimum absolute atomic E-state index is 0.117. The van der Waals surface area contributed by atoms with Gasteiger partial charge in [0.05, 0.1) is 4.47 Å². The summed E-state index contributed by atoms with van der Waals surface area (Å²) in [6, 6.07) is 12.0. The molecule has 0 aliphatic carbocycles. The molecule has 0 saturated heterocycles. The van der Waals surface area contributed by atoms with Crippen molar-refractivity contribution in [1.82, 2.24) is 0 Å². The molecule has 18 heavy (non-hydrogen) atoms. The van der Waals surface area contributed by atoms with Gasteiger partial charge < -0.3 is 0 Å². The van der Waals surface area contributed by atoms with E-state index in [1.165, 1.54) is 12.1 Å². The van der Waals surface area contributed by atoms with Gasteiger partial charge in [-0.1, -0.05) is 46.3 Å². The fourth-order valence-corrected chi connectivity index (χ4v) is 2.54. The lowest BCUT2D eigenvalue weighted by molar-refractivity contribution is 0.0991. The van der Waals surface area contributed by atoms with Gasteiger partial charge in [0, 0.05) is 16.5 Å². The summed E-state index contributed by atoms with van der Waals surface area (Å²) in [4.78, 5) is 12.1. The monoisotopic (exact) mass is 370 g/mol. The van der Waals surface area contributed by atoms with Crippen LogP contribution in [-0.2, 0) is 6.42 Å². The van der Waals surface area contributed by atoms with E-state index in [0.29, 0.717) is 5.56 Å². The van der Waals surface area contributed by atoms with Crippen LogP contribution in [0.5, 0.6) is 0 Å². The molecule has 2 aromatic rings. The van der Waals surface area contributed by atoms with Gasteiger partial charge in [-0.15, -0.1) is 0 Å². The smallest absolute Gasteiger partial charge is 0.168 e. The predicted molar refractivity (Wildman–Crippen MR) is 76.3 cm³/mol. The molecule has 0 aliphatic rings. The fourth-order valence-electron chi connectivity index (χ4n) is 1.63. The van der Waals surface area contributed by atoms with Gasteiger partial charge in [-0.25, -0.2) is 4.39 Å². The summed E-state index contributed by atoms with van der Waals surface area (Å²) < 4.78 is 14.5. The molecule has 0 N–H and O–H groups in total. The number of Topliss-reactive ketones (excluding diaryl/α,β-unsaturated/α-hetero) is 1. The molecule has 0 atom stereocenters. The van der Waals surface area contributed by atoms with E-state index in [1.807, 2.05) is 24.3 Å². The lowest BCUT2D eigenvalue weighted by Gasteiger charge is -2.06. The van der Waals surface area contributed by atoms with E-state index >= 15 is 0 Å². The topological polar surface area (TPSA) is 17.1 Å². The van der Waals surface area contributed by atoms with Gasteiger partial charge in [-0.3, -0.25) is 4.79 Å². The largest absolute Gasteiger partial charge is 0.294 e. The molecule has 0 heterocycles. The first-order valence-electron chi connectivity index (χ1n) is 5.30. The zero-order valence-electron chi connectivity index (χ0n) is 9.29. The molecular weight excluding hydrogens is 363 g/mol. The molecule has 92 valence electrons. The van der Waals surface area contributed by atoms with Gasteiger partial charge in [0.25, 0.3) is 0 Å². The van der Waals surface area contributed by atoms with Gasteiger partial charge in [0.2, 0.25) is 0 Å². The Labute approximate surface area is 121 Å². The Hall–Kier alpha value is -1.00. The molecule has 0 amide bonds. The average Bonchev–Trinajstić information content (AvgIpc) is 2.35. The number of rotatable bonds is 3. The van der Waals surface area contributed by atoms with Crippen LogP contribution in [0.15, 0.2) is 51.4 Å². The van der Waals surface area contributed by atoms with Crippen molar-refractivity contribution in [3.05, 3.63) is 68.4 Å². The van der Waals surface area contributed by atoms with E-state index in [0.717, 1.165) is 10.0 Å². The second-order valence-electron chi connectivity index (χ2n) is 3.79. The van der Waals surface area contributed by atoms with Gasteiger partial charge in [-0.2, -0.15) is 0 Å². The van der Waals surface area contributed by atoms with Crippen LogP contribution >= 0.6 is 31.9 Å². The van der Waals surface area contributed by atoms with Crippen LogP contribution in [0.25, 0.3) is 0 Å². The molecule has 0 fully saturated rings. The molecule has 2 aromatic carbocycles. The summed E-state index contributed by atoms with van der Waals surface area (Å²) in [7, 11) is 0. The third-order valence-electron chi connectivity index (χ3n) is 2.56. The molecule has 0 unspecified atom stereocenters. The van der Waals surface area contributed by atoms with E-state index in [9.17, 15) is 9.18 Å². The summed E-state index contributed by atoms with van der Waals surface area (Å²) >= 11 is 6.50. The SMILES string of the molecule is O=C(Cc1ccccc1Br)c1cccc(F)c1Br. The standard InChI is InChI=1S/C14H9Br2FO/c15-11-6-2-1-4-9(11)8-13(18)10-5-3-7-12(17)14(10)16/h1-7H,8H2. The molecular formula is C14H9Br2FO. The van der Waals surface area contributed by atoms with Crippen molar-refractivity contribution in [1.29, 1.82) is 0 Å². The van der Waals surface area contributed by atoms with Crippen LogP contribution in [-0.4, -0.2) is 5.78 Å². The van der Waals surface area contributed by atoms with Crippen LogP contribution in [0.2, 0.25) is 0 Å². The van der Waals surface area contributed by atoms with E-state index in [2.05, 4.69) is 31.9 Å². The highest BCUT2D eigenvalue weighted by Crippen LogP contribution is 2.23. The Morgan fingerprint density at radius 3 is 2.50 bits per heavy atom. The average molecular weight is 372 g/mol. The number of halogens is 3. The molecule has 0 aliphatic heterocycles. The summed E-state index contributed by atoms with van der Waals surface area (Å²) in [5.74, 6) is -0.541. The highest BCUT2D eigenvalue weighted by atomic mass is 79.9. The first kappa shape index (κ1) is 13.4. The Morgan fingerprint density at radius 2 is 1.78 bits per heavy atom. The molecule has 0 aromatic heterocycles. The Balaban J connectivity index is 2.28. The van der Waals surface area contributed by atoms with Crippen LogP contribution in [0, 0.1) is 5.82 Å². The molecule has 0 bridgehead atoms. The molecule has 0 spiro atoms. The maximum Gasteiger partial charge on any atom is 0.168 e. The molecule has 4 heteroatoms. The maximum atomic E-state index is 13.3. The second kappa shape index (κ2) is 5.76. The zero-order valence-corrected chi connectivity index (χ0v) is 12.5. The van der Waals surface area contributed by atoms with Crippen molar-refractivity contribution < 1.29 is 9.18 Å². The fraction of sp³-hybridized carbons (Fsp3) is 0.0714. The third-order valence-corrected chi connectivity index (χ3v) is 4.14. The van der Waals surface area contributed by atoms with Crippen molar-refractivity contribution in [3.8, 4) is 0 Å².